The van der Waals surface area contributed by atoms with E-state index in [0.29, 0.717) is 0 Å². The summed E-state index contributed by atoms with van der Waals surface area (Å²) < 4.78 is 98.3. The van der Waals surface area contributed by atoms with Gasteiger partial charge in [0.25, 0.3) is 0 Å². The number of carbonyl (C=O) groups excluding carboxylic acids is 1. The summed E-state index contributed by atoms with van der Waals surface area (Å²) in [6.07, 6.45) is -1.93. The lowest BCUT2D eigenvalue weighted by Gasteiger charge is -2.10. The monoisotopic (exact) mass is 334 g/mol. The third-order valence-corrected chi connectivity index (χ3v) is 3.13. The number of ether oxygens (including phenoxy) is 1. The van der Waals surface area contributed by atoms with Crippen LogP contribution in [0.1, 0.15) is 0 Å². The number of halogens is 5. The van der Waals surface area contributed by atoms with Crippen LogP contribution >= 0.6 is 0 Å². The summed E-state index contributed by atoms with van der Waals surface area (Å²) in [5.41, 5.74) is 0. The van der Waals surface area contributed by atoms with E-state index in [1.165, 1.54) is 0 Å². The zero-order valence-corrected chi connectivity index (χ0v) is 10.3. The van der Waals surface area contributed by atoms with Crippen LogP contribution in [-0.2, 0) is 23.6 Å². The van der Waals surface area contributed by atoms with Gasteiger partial charge in [-0.2, -0.15) is 17.2 Å². The first-order chi connectivity index (χ1) is 9.64. The Morgan fingerprint density at radius 2 is 1.48 bits per heavy atom. The topological polar surface area (TPSA) is 78.9 Å². The average molecular weight is 334 g/mol. The SMILES string of the molecule is O=C(Oc1c(F)c(F)c(F)c(F)c1F)C1COS(=O)(=O)O1. The van der Waals surface area contributed by atoms with Crippen LogP contribution in [0.5, 0.6) is 5.75 Å². The summed E-state index contributed by atoms with van der Waals surface area (Å²) in [6, 6.07) is 0. The molecule has 0 radical (unpaired) electrons. The van der Waals surface area contributed by atoms with Crippen molar-refractivity contribution in [2.45, 2.75) is 6.10 Å². The van der Waals surface area contributed by atoms with E-state index < -0.39 is 63.9 Å². The molecular formula is C9H3F5O6S. The molecule has 0 bridgehead atoms. The fraction of sp³-hybridized carbons (Fsp3) is 0.222. The van der Waals surface area contributed by atoms with Crippen molar-refractivity contribution in [1.29, 1.82) is 0 Å². The Kier molecular flexibility index (Phi) is 3.86. The molecule has 1 atom stereocenters. The lowest BCUT2D eigenvalue weighted by molar-refractivity contribution is -0.141. The smallest absolute Gasteiger partial charge is 0.400 e. The number of hydrogen-bond acceptors (Lipinski definition) is 6. The summed E-state index contributed by atoms with van der Waals surface area (Å²) in [7, 11) is -4.47. The summed E-state index contributed by atoms with van der Waals surface area (Å²) >= 11 is 0. The Balaban J connectivity index is 2.31. The van der Waals surface area contributed by atoms with Crippen LogP contribution in [0.25, 0.3) is 0 Å². The lowest BCUT2D eigenvalue weighted by Crippen LogP contribution is -2.29. The molecule has 21 heavy (non-hydrogen) atoms. The molecule has 1 aliphatic heterocycles. The van der Waals surface area contributed by atoms with Crippen molar-refractivity contribution in [3.63, 3.8) is 0 Å². The molecule has 0 saturated carbocycles. The van der Waals surface area contributed by atoms with Crippen molar-refractivity contribution >= 4 is 16.4 Å². The molecule has 116 valence electrons. The first-order valence-corrected chi connectivity index (χ1v) is 6.28. The van der Waals surface area contributed by atoms with E-state index in [-0.39, 0.29) is 0 Å². The third kappa shape index (κ3) is 2.82. The van der Waals surface area contributed by atoms with Crippen LogP contribution in [0.3, 0.4) is 0 Å². The maximum atomic E-state index is 13.2. The van der Waals surface area contributed by atoms with Crippen LogP contribution in [0, 0.1) is 29.1 Å². The van der Waals surface area contributed by atoms with E-state index >= 15 is 0 Å². The van der Waals surface area contributed by atoms with Gasteiger partial charge in [-0.25, -0.2) is 26.3 Å². The van der Waals surface area contributed by atoms with Gasteiger partial charge < -0.3 is 4.74 Å². The van der Waals surface area contributed by atoms with E-state index in [1.54, 1.807) is 0 Å². The molecule has 0 N–H and O–H groups in total. The van der Waals surface area contributed by atoms with Gasteiger partial charge in [0.2, 0.25) is 40.9 Å². The average Bonchev–Trinajstić information content (AvgIpc) is 2.79. The summed E-state index contributed by atoms with van der Waals surface area (Å²) in [5, 5.41) is 0. The van der Waals surface area contributed by atoms with Gasteiger partial charge >= 0.3 is 16.4 Å². The minimum absolute atomic E-state index is 0.865. The first-order valence-electron chi connectivity index (χ1n) is 4.95. The fourth-order valence-electron chi connectivity index (χ4n) is 1.29. The minimum atomic E-state index is -4.47. The van der Waals surface area contributed by atoms with Gasteiger partial charge in [0.05, 0.1) is 0 Å². The van der Waals surface area contributed by atoms with E-state index in [2.05, 4.69) is 13.1 Å². The highest BCUT2D eigenvalue weighted by atomic mass is 32.3. The second-order valence-electron chi connectivity index (χ2n) is 3.60. The second kappa shape index (κ2) is 5.20. The van der Waals surface area contributed by atoms with Gasteiger partial charge in [-0.3, -0.25) is 0 Å². The van der Waals surface area contributed by atoms with Crippen molar-refractivity contribution in [2.24, 2.45) is 0 Å². The number of esters is 1. The Bertz CT molecular complexity index is 689. The van der Waals surface area contributed by atoms with Gasteiger partial charge in [-0.15, -0.1) is 0 Å². The molecule has 12 heteroatoms. The molecule has 1 unspecified atom stereocenters. The molecule has 0 amide bonds. The number of hydrogen-bond donors (Lipinski definition) is 0. The summed E-state index contributed by atoms with van der Waals surface area (Å²) in [4.78, 5) is 11.4. The van der Waals surface area contributed by atoms with Gasteiger partial charge in [-0.1, -0.05) is 0 Å². The van der Waals surface area contributed by atoms with E-state index in [9.17, 15) is 35.2 Å². The van der Waals surface area contributed by atoms with Crippen molar-refractivity contribution < 1.29 is 48.3 Å². The van der Waals surface area contributed by atoms with Crippen molar-refractivity contribution in [2.75, 3.05) is 6.61 Å². The standard InChI is InChI=1S/C9H3F5O6S/c10-3-4(11)6(13)8(7(14)5(3)12)19-9(15)2-1-18-21(16,17)20-2/h2H,1H2. The van der Waals surface area contributed by atoms with E-state index in [0.717, 1.165) is 0 Å². The van der Waals surface area contributed by atoms with E-state index in [1.807, 2.05) is 0 Å². The predicted molar refractivity (Wildman–Crippen MR) is 51.6 cm³/mol. The molecule has 6 nitrogen and oxygen atoms in total. The molecular weight excluding hydrogens is 331 g/mol. The molecule has 0 spiro atoms. The number of rotatable bonds is 2. The lowest BCUT2D eigenvalue weighted by atomic mass is 10.2. The van der Waals surface area contributed by atoms with Crippen LogP contribution in [0.15, 0.2) is 0 Å². The highest BCUT2D eigenvalue weighted by Gasteiger charge is 2.38. The highest BCUT2D eigenvalue weighted by molar-refractivity contribution is 7.82. The maximum absolute atomic E-state index is 13.2. The summed E-state index contributed by atoms with van der Waals surface area (Å²) in [6.45, 7) is -0.865. The third-order valence-electron chi connectivity index (χ3n) is 2.23. The van der Waals surface area contributed by atoms with Crippen LogP contribution in [0.4, 0.5) is 22.0 Å². The summed E-state index contributed by atoms with van der Waals surface area (Å²) in [5.74, 6) is -15.4. The predicted octanol–water partition coefficient (Wildman–Crippen LogP) is 0.948. The van der Waals surface area contributed by atoms with Crippen molar-refractivity contribution in [3.05, 3.63) is 29.1 Å². The van der Waals surface area contributed by atoms with Gasteiger partial charge in [-0.05, 0) is 0 Å². The number of carbonyl (C=O) groups is 1. The maximum Gasteiger partial charge on any atom is 0.400 e. The Morgan fingerprint density at radius 1 is 1.00 bits per heavy atom. The molecule has 0 aromatic heterocycles. The fourth-order valence-corrected chi connectivity index (χ4v) is 2.06. The van der Waals surface area contributed by atoms with Gasteiger partial charge in [0.15, 0.2) is 0 Å². The molecule has 2 rings (SSSR count). The van der Waals surface area contributed by atoms with Gasteiger partial charge in [0, 0.05) is 0 Å². The molecule has 1 aromatic carbocycles. The molecule has 0 aliphatic carbocycles. The number of benzene rings is 1. The molecule has 1 aromatic rings. The quantitative estimate of drug-likeness (QED) is 0.263. The van der Waals surface area contributed by atoms with Gasteiger partial charge in [0.1, 0.15) is 6.61 Å². The Labute approximate surface area is 113 Å². The highest BCUT2D eigenvalue weighted by Crippen LogP contribution is 2.29. The van der Waals surface area contributed by atoms with Crippen molar-refractivity contribution in [1.82, 2.24) is 0 Å². The molecule has 1 aliphatic rings. The van der Waals surface area contributed by atoms with Crippen LogP contribution in [0.2, 0.25) is 0 Å². The Morgan fingerprint density at radius 3 is 1.90 bits per heavy atom. The normalized spacial score (nSPS) is 20.5. The molecule has 1 heterocycles. The largest absolute Gasteiger partial charge is 0.418 e. The van der Waals surface area contributed by atoms with E-state index in [4.69, 9.17) is 0 Å². The van der Waals surface area contributed by atoms with Crippen molar-refractivity contribution in [3.8, 4) is 5.75 Å². The first kappa shape index (κ1) is 15.6. The zero-order chi connectivity index (χ0) is 15.9. The molecule has 1 saturated heterocycles. The van der Waals surface area contributed by atoms with Crippen LogP contribution in [-0.4, -0.2) is 27.1 Å². The van der Waals surface area contributed by atoms with Crippen LogP contribution < -0.4 is 4.74 Å². The minimum Gasteiger partial charge on any atom is -0.418 e. The molecule has 1 fully saturated rings. The zero-order valence-electron chi connectivity index (χ0n) is 9.53. The second-order valence-corrected chi connectivity index (χ2v) is 4.84. The Hall–Kier alpha value is -1.79.